The van der Waals surface area contributed by atoms with Crippen LogP contribution in [-0.4, -0.2) is 42.2 Å². The first-order valence-electron chi connectivity index (χ1n) is 9.02. The van der Waals surface area contributed by atoms with E-state index in [0.717, 1.165) is 15.5 Å². The second kappa shape index (κ2) is 6.88. The molecule has 11 heteroatoms. The summed E-state index contributed by atoms with van der Waals surface area (Å²) in [5, 5.41) is 19.8. The largest absolute Gasteiger partial charge is 0.355 e. The summed E-state index contributed by atoms with van der Waals surface area (Å²) in [5.74, 6) is 0.247. The number of nitrogens with zero attached hydrogens (tertiary/aromatic N) is 6. The highest BCUT2D eigenvalue weighted by Gasteiger charge is 2.49. The van der Waals surface area contributed by atoms with Gasteiger partial charge in [-0.1, -0.05) is 23.4 Å². The molecule has 150 valence electrons. The molecule has 10 nitrogen and oxygen atoms in total. The first-order valence-corrected chi connectivity index (χ1v) is 9.90. The second-order valence-electron chi connectivity index (χ2n) is 6.91. The van der Waals surface area contributed by atoms with Crippen molar-refractivity contribution in [3.63, 3.8) is 0 Å². The summed E-state index contributed by atoms with van der Waals surface area (Å²) in [4.78, 5) is 27.8. The Kier molecular flexibility index (Phi) is 4.17. The molecule has 0 saturated carbocycles. The summed E-state index contributed by atoms with van der Waals surface area (Å²) < 4.78 is 6.85. The summed E-state index contributed by atoms with van der Waals surface area (Å²) in [6.07, 6.45) is 1.48. The lowest BCUT2D eigenvalue weighted by Gasteiger charge is -2.22. The van der Waals surface area contributed by atoms with Crippen molar-refractivity contribution in [2.45, 2.75) is 19.0 Å². The van der Waals surface area contributed by atoms with Crippen molar-refractivity contribution < 1.29 is 14.1 Å². The molecule has 4 heterocycles. The van der Waals surface area contributed by atoms with Crippen LogP contribution in [0.5, 0.6) is 0 Å². The fourth-order valence-electron chi connectivity index (χ4n) is 3.35. The Hall–Kier alpha value is -3.86. The summed E-state index contributed by atoms with van der Waals surface area (Å²) in [5.41, 5.74) is 0.709. The number of amides is 3. The monoisotopic (exact) mass is 421 g/mol. The number of benzene rings is 1. The number of aromatic nitrogens is 5. The Balaban J connectivity index is 1.37. The lowest BCUT2D eigenvalue weighted by Crippen LogP contribution is -2.40. The fraction of sp³-hybridized carbons (Fsp3) is 0.158. The van der Waals surface area contributed by atoms with Crippen molar-refractivity contribution in [1.29, 1.82) is 0 Å². The van der Waals surface area contributed by atoms with E-state index in [1.807, 2.05) is 17.5 Å². The molecule has 0 unspecified atom stereocenters. The molecule has 0 aliphatic carbocycles. The first-order chi connectivity index (χ1) is 14.5. The minimum absolute atomic E-state index is 0.0256. The zero-order valence-corrected chi connectivity index (χ0v) is 16.5. The molecule has 3 aromatic heterocycles. The molecule has 0 radical (unpaired) electrons. The molecule has 1 fully saturated rings. The van der Waals surface area contributed by atoms with Gasteiger partial charge in [-0.2, -0.15) is 0 Å². The molecule has 1 aromatic carbocycles. The molecule has 30 heavy (non-hydrogen) atoms. The lowest BCUT2D eigenvalue weighted by molar-refractivity contribution is -0.131. The van der Waals surface area contributed by atoms with Crippen LogP contribution in [0.3, 0.4) is 0 Å². The van der Waals surface area contributed by atoms with Gasteiger partial charge < -0.3 is 9.84 Å². The molecular formula is C19H15N7O3S. The van der Waals surface area contributed by atoms with Gasteiger partial charge in [0.25, 0.3) is 5.91 Å². The molecular weight excluding hydrogens is 406 g/mol. The van der Waals surface area contributed by atoms with Crippen molar-refractivity contribution in [3.8, 4) is 16.3 Å². The lowest BCUT2D eigenvalue weighted by atomic mass is 9.92. The molecule has 4 aromatic rings. The molecule has 1 aliphatic rings. The van der Waals surface area contributed by atoms with Gasteiger partial charge in [-0.3, -0.25) is 9.69 Å². The van der Waals surface area contributed by atoms with E-state index in [0.29, 0.717) is 17.0 Å². The van der Waals surface area contributed by atoms with E-state index in [-0.39, 0.29) is 12.5 Å². The average molecular weight is 421 g/mol. The SMILES string of the molecule is C[C@@]1(c2ccc(-n3cnnn3)cc2)NC(=O)N(Cc2cc(-c3cccs3)on2)C1=O. The molecule has 0 spiro atoms. The quantitative estimate of drug-likeness (QED) is 0.491. The number of tetrazole rings is 1. The summed E-state index contributed by atoms with van der Waals surface area (Å²) >= 11 is 1.52. The highest BCUT2D eigenvalue weighted by atomic mass is 32.1. The predicted molar refractivity (Wildman–Crippen MR) is 105 cm³/mol. The van der Waals surface area contributed by atoms with Gasteiger partial charge in [0.15, 0.2) is 5.76 Å². The molecule has 1 saturated heterocycles. The Labute approximate surface area is 174 Å². The number of carbonyl (C=O) groups excluding carboxylic acids is 2. The maximum absolute atomic E-state index is 13.1. The van der Waals surface area contributed by atoms with E-state index < -0.39 is 11.6 Å². The van der Waals surface area contributed by atoms with Crippen molar-refractivity contribution in [1.82, 2.24) is 35.6 Å². The average Bonchev–Trinajstić information content (AvgIpc) is 3.54. The van der Waals surface area contributed by atoms with Crippen LogP contribution in [0.2, 0.25) is 0 Å². The van der Waals surface area contributed by atoms with Gasteiger partial charge >= 0.3 is 6.03 Å². The van der Waals surface area contributed by atoms with Crippen LogP contribution in [0.15, 0.2) is 58.7 Å². The zero-order chi connectivity index (χ0) is 20.7. The fourth-order valence-corrected chi connectivity index (χ4v) is 4.02. The van der Waals surface area contributed by atoms with E-state index in [1.165, 1.54) is 22.3 Å². The molecule has 3 amide bonds. The van der Waals surface area contributed by atoms with Gasteiger partial charge in [0, 0.05) is 6.07 Å². The zero-order valence-electron chi connectivity index (χ0n) is 15.7. The summed E-state index contributed by atoms with van der Waals surface area (Å²) in [7, 11) is 0. The van der Waals surface area contributed by atoms with Crippen molar-refractivity contribution in [3.05, 3.63) is 65.4 Å². The van der Waals surface area contributed by atoms with Crippen LogP contribution in [0, 0.1) is 0 Å². The molecule has 1 atom stereocenters. The Bertz CT molecular complexity index is 1200. The third-order valence-corrected chi connectivity index (χ3v) is 5.86. The Morgan fingerprint density at radius 1 is 1.20 bits per heavy atom. The standard InChI is InChI=1S/C19H15N7O3S/c1-19(12-4-6-14(7-5-12)26-11-20-23-24-26)17(27)25(18(28)21-19)10-13-9-15(29-22-13)16-3-2-8-30-16/h2-9,11H,10H2,1H3,(H,21,28)/t19-/m0/s1. The van der Waals surface area contributed by atoms with Crippen molar-refractivity contribution in [2.75, 3.05) is 0 Å². The van der Waals surface area contributed by atoms with E-state index in [1.54, 1.807) is 37.3 Å². The smallest absolute Gasteiger partial charge is 0.325 e. The number of nitrogens with one attached hydrogen (secondary N) is 1. The van der Waals surface area contributed by atoms with Crippen molar-refractivity contribution in [2.24, 2.45) is 0 Å². The van der Waals surface area contributed by atoms with Gasteiger partial charge in [-0.05, 0) is 46.5 Å². The van der Waals surface area contributed by atoms with Gasteiger partial charge in [-0.25, -0.2) is 9.48 Å². The van der Waals surface area contributed by atoms with E-state index in [2.05, 4.69) is 26.0 Å². The van der Waals surface area contributed by atoms with Crippen LogP contribution in [0.25, 0.3) is 16.3 Å². The van der Waals surface area contributed by atoms with Crippen LogP contribution < -0.4 is 5.32 Å². The van der Waals surface area contributed by atoms with Gasteiger partial charge in [0.05, 0.1) is 17.1 Å². The molecule has 0 bridgehead atoms. The summed E-state index contributed by atoms with van der Waals surface area (Å²) in [6.45, 7) is 1.71. The third kappa shape index (κ3) is 2.95. The number of hydrogen-bond acceptors (Lipinski definition) is 8. The van der Waals surface area contributed by atoms with E-state index in [9.17, 15) is 9.59 Å². The number of hydrogen-bond donors (Lipinski definition) is 1. The second-order valence-corrected chi connectivity index (χ2v) is 7.86. The number of urea groups is 1. The van der Waals surface area contributed by atoms with Gasteiger partial charge in [0.2, 0.25) is 0 Å². The summed E-state index contributed by atoms with van der Waals surface area (Å²) in [6, 6.07) is 12.2. The van der Waals surface area contributed by atoms with Crippen LogP contribution in [0.1, 0.15) is 18.2 Å². The normalized spacial score (nSPS) is 18.8. The van der Waals surface area contributed by atoms with E-state index in [4.69, 9.17) is 4.52 Å². The number of thiophene rings is 1. The van der Waals surface area contributed by atoms with Crippen LogP contribution in [-0.2, 0) is 16.9 Å². The number of rotatable bonds is 5. The minimum Gasteiger partial charge on any atom is -0.355 e. The third-order valence-electron chi connectivity index (χ3n) is 4.98. The highest BCUT2D eigenvalue weighted by molar-refractivity contribution is 7.13. The maximum Gasteiger partial charge on any atom is 0.325 e. The molecule has 1 N–H and O–H groups in total. The molecule has 1 aliphatic heterocycles. The number of imide groups is 1. The van der Waals surface area contributed by atoms with Gasteiger partial charge in [0.1, 0.15) is 17.6 Å². The highest BCUT2D eigenvalue weighted by Crippen LogP contribution is 2.31. The van der Waals surface area contributed by atoms with E-state index >= 15 is 0 Å². The first kappa shape index (κ1) is 18.2. The van der Waals surface area contributed by atoms with Gasteiger partial charge in [-0.15, -0.1) is 16.4 Å². The van der Waals surface area contributed by atoms with Crippen LogP contribution >= 0.6 is 11.3 Å². The minimum atomic E-state index is -1.18. The Morgan fingerprint density at radius 3 is 2.73 bits per heavy atom. The predicted octanol–water partition coefficient (Wildman–Crippen LogP) is 2.35. The topological polar surface area (TPSA) is 119 Å². The Morgan fingerprint density at radius 2 is 2.03 bits per heavy atom. The number of carbonyl (C=O) groups is 2. The molecule has 5 rings (SSSR count). The van der Waals surface area contributed by atoms with Crippen LogP contribution in [0.4, 0.5) is 4.79 Å². The maximum atomic E-state index is 13.1. The van der Waals surface area contributed by atoms with Crippen molar-refractivity contribution >= 4 is 23.3 Å².